The predicted octanol–water partition coefficient (Wildman–Crippen LogP) is 0.627. The van der Waals surface area contributed by atoms with Crippen LogP contribution in [0.25, 0.3) is 10.9 Å². The molecule has 0 spiro atoms. The topological polar surface area (TPSA) is 58.6 Å². The number of nitrogens with one attached hydrogen (secondary N) is 1. The van der Waals surface area contributed by atoms with Crippen LogP contribution >= 0.6 is 0 Å². The monoisotopic (exact) mass is 161 g/mol. The molecule has 0 amide bonds. The summed E-state index contributed by atoms with van der Waals surface area (Å²) in [5.74, 6) is 0. The summed E-state index contributed by atoms with van der Waals surface area (Å²) in [5, 5.41) is 10.1. The molecule has 0 saturated carbocycles. The molecule has 4 heteroatoms. The van der Waals surface area contributed by atoms with Gasteiger partial charge in [0.05, 0.1) is 5.39 Å². The molecule has 1 aromatic carbocycles. The Kier molecular flexibility index (Phi) is 1.40. The van der Waals surface area contributed by atoms with Gasteiger partial charge >= 0.3 is 0 Å². The predicted molar refractivity (Wildman–Crippen MR) is 44.9 cm³/mol. The number of aromatic nitrogens is 3. The molecule has 0 saturated heterocycles. The number of hydrogen-bond acceptors (Lipinski definition) is 3. The van der Waals surface area contributed by atoms with Crippen molar-refractivity contribution in [3.63, 3.8) is 0 Å². The van der Waals surface area contributed by atoms with Crippen molar-refractivity contribution in [1.82, 2.24) is 15.4 Å². The summed E-state index contributed by atoms with van der Waals surface area (Å²) in [7, 11) is 0. The lowest BCUT2D eigenvalue weighted by Gasteiger charge is -1.94. The standard InChI is InChI=1S/C8H7N3O/c1-5-2-3-6-7(4-5)9-11-10-8(6)12/h2-4H,1H3,(H,9,10,12). The second-order valence-corrected chi connectivity index (χ2v) is 2.66. The number of fused-ring (bicyclic) bond motifs is 1. The van der Waals surface area contributed by atoms with E-state index in [-0.39, 0.29) is 5.56 Å². The second kappa shape index (κ2) is 2.41. The molecule has 0 unspecified atom stereocenters. The van der Waals surface area contributed by atoms with Gasteiger partial charge in [-0.05, 0) is 24.6 Å². The van der Waals surface area contributed by atoms with E-state index in [1.807, 2.05) is 19.1 Å². The minimum Gasteiger partial charge on any atom is -0.267 e. The molecule has 12 heavy (non-hydrogen) atoms. The fraction of sp³-hybridized carbons (Fsp3) is 0.125. The molecule has 0 fully saturated rings. The average molecular weight is 161 g/mol. The van der Waals surface area contributed by atoms with E-state index in [1.54, 1.807) is 6.07 Å². The normalized spacial score (nSPS) is 10.4. The van der Waals surface area contributed by atoms with E-state index in [2.05, 4.69) is 15.4 Å². The van der Waals surface area contributed by atoms with Gasteiger partial charge < -0.3 is 0 Å². The molecule has 0 atom stereocenters. The van der Waals surface area contributed by atoms with E-state index >= 15 is 0 Å². The van der Waals surface area contributed by atoms with Crippen LogP contribution in [0.1, 0.15) is 5.56 Å². The number of rotatable bonds is 0. The van der Waals surface area contributed by atoms with Crippen LogP contribution in [0.2, 0.25) is 0 Å². The Hall–Kier alpha value is -1.71. The van der Waals surface area contributed by atoms with Crippen LogP contribution in [-0.4, -0.2) is 15.4 Å². The molecule has 1 aromatic heterocycles. The highest BCUT2D eigenvalue weighted by atomic mass is 16.1. The maximum atomic E-state index is 11.1. The summed E-state index contributed by atoms with van der Waals surface area (Å²) in [6.45, 7) is 1.95. The van der Waals surface area contributed by atoms with Crippen molar-refractivity contribution in [1.29, 1.82) is 0 Å². The fourth-order valence-corrected chi connectivity index (χ4v) is 1.10. The quantitative estimate of drug-likeness (QED) is 0.616. The molecule has 2 rings (SSSR count). The zero-order valence-corrected chi connectivity index (χ0v) is 6.53. The van der Waals surface area contributed by atoms with E-state index in [0.717, 1.165) is 5.56 Å². The van der Waals surface area contributed by atoms with Crippen LogP contribution in [0.5, 0.6) is 0 Å². The van der Waals surface area contributed by atoms with Crippen molar-refractivity contribution in [2.45, 2.75) is 6.92 Å². The van der Waals surface area contributed by atoms with Crippen molar-refractivity contribution >= 4 is 10.9 Å². The van der Waals surface area contributed by atoms with Crippen molar-refractivity contribution in [3.8, 4) is 0 Å². The molecular formula is C8H7N3O. The Morgan fingerprint density at radius 2 is 2.25 bits per heavy atom. The van der Waals surface area contributed by atoms with Crippen LogP contribution in [-0.2, 0) is 0 Å². The van der Waals surface area contributed by atoms with Crippen LogP contribution in [0.3, 0.4) is 0 Å². The van der Waals surface area contributed by atoms with Gasteiger partial charge in [-0.25, -0.2) is 5.10 Å². The highest BCUT2D eigenvalue weighted by molar-refractivity contribution is 5.77. The number of aromatic amines is 1. The number of benzene rings is 1. The molecule has 0 radical (unpaired) electrons. The molecule has 2 aromatic rings. The van der Waals surface area contributed by atoms with Gasteiger partial charge in [0, 0.05) is 0 Å². The number of H-pyrrole nitrogens is 1. The lowest BCUT2D eigenvalue weighted by Crippen LogP contribution is -2.09. The third-order valence-corrected chi connectivity index (χ3v) is 1.71. The van der Waals surface area contributed by atoms with Crippen LogP contribution < -0.4 is 5.56 Å². The first kappa shape index (κ1) is 6.97. The van der Waals surface area contributed by atoms with Crippen molar-refractivity contribution in [2.24, 2.45) is 0 Å². The van der Waals surface area contributed by atoms with Crippen molar-refractivity contribution in [2.75, 3.05) is 0 Å². The third-order valence-electron chi connectivity index (χ3n) is 1.71. The Morgan fingerprint density at radius 1 is 1.42 bits per heavy atom. The number of hydrogen-bond donors (Lipinski definition) is 1. The van der Waals surface area contributed by atoms with Crippen LogP contribution in [0.15, 0.2) is 23.0 Å². The average Bonchev–Trinajstić information content (AvgIpc) is 2.04. The van der Waals surface area contributed by atoms with Gasteiger partial charge in [0.25, 0.3) is 5.56 Å². The maximum Gasteiger partial charge on any atom is 0.275 e. The highest BCUT2D eigenvalue weighted by Gasteiger charge is 1.98. The van der Waals surface area contributed by atoms with Gasteiger partial charge in [-0.15, -0.1) is 5.10 Å². The number of aryl methyl sites for hydroxylation is 1. The first-order valence-electron chi connectivity index (χ1n) is 3.59. The molecule has 60 valence electrons. The summed E-state index contributed by atoms with van der Waals surface area (Å²) < 4.78 is 0. The summed E-state index contributed by atoms with van der Waals surface area (Å²) in [5.41, 5.74) is 1.51. The summed E-state index contributed by atoms with van der Waals surface area (Å²) in [6, 6.07) is 5.45. The van der Waals surface area contributed by atoms with Gasteiger partial charge in [0.1, 0.15) is 5.52 Å². The van der Waals surface area contributed by atoms with Crippen LogP contribution in [0, 0.1) is 6.92 Å². The maximum absolute atomic E-state index is 11.1. The minimum absolute atomic E-state index is 0.194. The molecule has 4 nitrogen and oxygen atoms in total. The SMILES string of the molecule is Cc1ccc2c(=O)[nH]nnc2c1. The molecule has 0 bridgehead atoms. The van der Waals surface area contributed by atoms with Gasteiger partial charge in [-0.3, -0.25) is 4.79 Å². The van der Waals surface area contributed by atoms with Gasteiger partial charge in [0.15, 0.2) is 0 Å². The van der Waals surface area contributed by atoms with E-state index in [4.69, 9.17) is 0 Å². The zero-order chi connectivity index (χ0) is 8.55. The van der Waals surface area contributed by atoms with Crippen LogP contribution in [0.4, 0.5) is 0 Å². The molecule has 0 aliphatic rings. The summed E-state index contributed by atoms with van der Waals surface area (Å²) >= 11 is 0. The lowest BCUT2D eigenvalue weighted by atomic mass is 10.2. The van der Waals surface area contributed by atoms with E-state index in [1.165, 1.54) is 0 Å². The first-order valence-corrected chi connectivity index (χ1v) is 3.59. The molecule has 1 N–H and O–H groups in total. The Morgan fingerprint density at radius 3 is 3.08 bits per heavy atom. The minimum atomic E-state index is -0.194. The lowest BCUT2D eigenvalue weighted by molar-refractivity contribution is 0.872. The van der Waals surface area contributed by atoms with Gasteiger partial charge in [0.2, 0.25) is 0 Å². The van der Waals surface area contributed by atoms with Crippen molar-refractivity contribution in [3.05, 3.63) is 34.1 Å². The van der Waals surface area contributed by atoms with E-state index in [0.29, 0.717) is 10.9 Å². The van der Waals surface area contributed by atoms with E-state index < -0.39 is 0 Å². The number of nitrogens with zero attached hydrogens (tertiary/aromatic N) is 2. The third kappa shape index (κ3) is 0.972. The van der Waals surface area contributed by atoms with Gasteiger partial charge in [-0.1, -0.05) is 11.3 Å². The first-order chi connectivity index (χ1) is 5.77. The summed E-state index contributed by atoms with van der Waals surface area (Å²) in [6.07, 6.45) is 0. The second-order valence-electron chi connectivity index (χ2n) is 2.66. The molecular weight excluding hydrogens is 154 g/mol. The smallest absolute Gasteiger partial charge is 0.267 e. The Balaban J connectivity index is 2.96. The summed E-state index contributed by atoms with van der Waals surface area (Å²) in [4.78, 5) is 11.1. The highest BCUT2D eigenvalue weighted by Crippen LogP contribution is 2.06. The van der Waals surface area contributed by atoms with Crippen molar-refractivity contribution < 1.29 is 0 Å². The molecule has 0 aliphatic carbocycles. The van der Waals surface area contributed by atoms with Gasteiger partial charge in [-0.2, -0.15) is 0 Å². The Labute approximate surface area is 68.2 Å². The molecule has 1 heterocycles. The Bertz CT molecular complexity index is 475. The fourth-order valence-electron chi connectivity index (χ4n) is 1.10. The zero-order valence-electron chi connectivity index (χ0n) is 6.53. The largest absolute Gasteiger partial charge is 0.275 e. The van der Waals surface area contributed by atoms with E-state index in [9.17, 15) is 4.79 Å². The molecule has 0 aliphatic heterocycles.